The molecule has 0 fully saturated rings. The van der Waals surface area contributed by atoms with Crippen LogP contribution in [0.3, 0.4) is 0 Å². The SMILES string of the molecule is C=C(Cl)COc1c(Br)cc(CNCCOC)cc1OC. The quantitative estimate of drug-likeness (QED) is 0.682. The molecule has 0 atom stereocenters. The number of rotatable bonds is 9. The minimum atomic E-state index is 0.238. The molecular weight excluding hydrogens is 346 g/mol. The monoisotopic (exact) mass is 363 g/mol. The van der Waals surface area contributed by atoms with Gasteiger partial charge in [-0.15, -0.1) is 0 Å². The van der Waals surface area contributed by atoms with Crippen molar-refractivity contribution in [2.24, 2.45) is 0 Å². The largest absolute Gasteiger partial charge is 0.493 e. The fraction of sp³-hybridized carbons (Fsp3) is 0.429. The first-order chi connectivity index (χ1) is 9.58. The Morgan fingerprint density at radius 2 is 2.15 bits per heavy atom. The van der Waals surface area contributed by atoms with E-state index in [-0.39, 0.29) is 6.61 Å². The first-order valence-electron chi connectivity index (χ1n) is 6.10. The molecule has 0 radical (unpaired) electrons. The summed E-state index contributed by atoms with van der Waals surface area (Å²) in [6, 6.07) is 3.91. The van der Waals surface area contributed by atoms with Gasteiger partial charge in [-0.3, -0.25) is 0 Å². The predicted octanol–water partition coefficient (Wildman–Crippen LogP) is 3.33. The summed E-state index contributed by atoms with van der Waals surface area (Å²) in [5, 5.41) is 3.71. The highest BCUT2D eigenvalue weighted by Gasteiger charge is 2.11. The smallest absolute Gasteiger partial charge is 0.175 e. The Morgan fingerprint density at radius 3 is 2.75 bits per heavy atom. The van der Waals surface area contributed by atoms with Crippen LogP contribution in [0.25, 0.3) is 0 Å². The summed E-state index contributed by atoms with van der Waals surface area (Å²) in [7, 11) is 3.28. The van der Waals surface area contributed by atoms with Gasteiger partial charge in [0.1, 0.15) is 6.61 Å². The van der Waals surface area contributed by atoms with E-state index in [9.17, 15) is 0 Å². The van der Waals surface area contributed by atoms with Gasteiger partial charge in [0, 0.05) is 25.2 Å². The Balaban J connectivity index is 2.75. The molecule has 0 saturated carbocycles. The van der Waals surface area contributed by atoms with Crippen molar-refractivity contribution in [1.29, 1.82) is 0 Å². The molecule has 0 aliphatic carbocycles. The van der Waals surface area contributed by atoms with Crippen molar-refractivity contribution >= 4 is 27.5 Å². The van der Waals surface area contributed by atoms with Crippen molar-refractivity contribution < 1.29 is 14.2 Å². The summed E-state index contributed by atoms with van der Waals surface area (Å²) in [5.74, 6) is 1.27. The molecule has 1 N–H and O–H groups in total. The molecule has 1 rings (SSSR count). The third-order valence-electron chi connectivity index (χ3n) is 2.47. The van der Waals surface area contributed by atoms with Crippen LogP contribution < -0.4 is 14.8 Å². The standard InChI is InChI=1S/C14H19BrClNO3/c1-10(16)9-20-14-12(15)6-11(7-13(14)19-3)8-17-4-5-18-2/h6-7,17H,1,4-5,8-9H2,2-3H3. The maximum Gasteiger partial charge on any atom is 0.175 e. The zero-order chi connectivity index (χ0) is 15.0. The second kappa shape index (κ2) is 9.23. The van der Waals surface area contributed by atoms with Crippen LogP contribution in [0.2, 0.25) is 0 Å². The Morgan fingerprint density at radius 1 is 1.40 bits per heavy atom. The van der Waals surface area contributed by atoms with Gasteiger partial charge in [-0.25, -0.2) is 0 Å². The average molecular weight is 365 g/mol. The molecule has 0 heterocycles. The topological polar surface area (TPSA) is 39.7 Å². The van der Waals surface area contributed by atoms with E-state index in [1.807, 2.05) is 12.1 Å². The van der Waals surface area contributed by atoms with Crippen molar-refractivity contribution in [2.75, 3.05) is 34.0 Å². The van der Waals surface area contributed by atoms with E-state index in [2.05, 4.69) is 27.8 Å². The molecule has 112 valence electrons. The summed E-state index contributed by atoms with van der Waals surface area (Å²) in [5.41, 5.74) is 1.09. The van der Waals surface area contributed by atoms with Crippen LogP contribution >= 0.6 is 27.5 Å². The maximum atomic E-state index is 5.71. The number of benzene rings is 1. The van der Waals surface area contributed by atoms with Gasteiger partial charge in [-0.05, 0) is 33.6 Å². The van der Waals surface area contributed by atoms with Gasteiger partial charge < -0.3 is 19.5 Å². The third-order valence-corrected chi connectivity index (χ3v) is 3.17. The number of nitrogens with one attached hydrogen (secondary N) is 1. The van der Waals surface area contributed by atoms with Crippen LogP contribution in [0.4, 0.5) is 0 Å². The lowest BCUT2D eigenvalue weighted by Gasteiger charge is -2.14. The molecule has 0 amide bonds. The van der Waals surface area contributed by atoms with Crippen molar-refractivity contribution in [1.82, 2.24) is 5.32 Å². The first kappa shape index (κ1) is 17.3. The first-order valence-corrected chi connectivity index (χ1v) is 7.27. The molecule has 20 heavy (non-hydrogen) atoms. The lowest BCUT2D eigenvalue weighted by Crippen LogP contribution is -2.18. The summed E-state index contributed by atoms with van der Waals surface area (Å²) in [4.78, 5) is 0. The van der Waals surface area contributed by atoms with Crippen molar-refractivity contribution in [3.05, 3.63) is 33.8 Å². The lowest BCUT2D eigenvalue weighted by atomic mass is 10.2. The fourth-order valence-corrected chi connectivity index (χ4v) is 2.23. The van der Waals surface area contributed by atoms with Crippen LogP contribution in [0.5, 0.6) is 11.5 Å². The van der Waals surface area contributed by atoms with Gasteiger partial charge in [0.25, 0.3) is 0 Å². The molecule has 0 aromatic heterocycles. The second-order valence-electron chi connectivity index (χ2n) is 4.08. The molecule has 0 saturated heterocycles. The number of methoxy groups -OCH3 is 2. The zero-order valence-corrected chi connectivity index (χ0v) is 14.0. The van der Waals surface area contributed by atoms with Crippen LogP contribution in [-0.4, -0.2) is 34.0 Å². The van der Waals surface area contributed by atoms with Gasteiger partial charge >= 0.3 is 0 Å². The minimum absolute atomic E-state index is 0.238. The van der Waals surface area contributed by atoms with Crippen molar-refractivity contribution in [3.63, 3.8) is 0 Å². The van der Waals surface area contributed by atoms with Crippen LogP contribution in [0, 0.1) is 0 Å². The number of halogens is 2. The maximum absolute atomic E-state index is 5.71. The Bertz CT molecular complexity index is 454. The summed E-state index contributed by atoms with van der Waals surface area (Å²) in [6.45, 7) is 6.02. The normalized spacial score (nSPS) is 10.4. The average Bonchev–Trinajstić information content (AvgIpc) is 2.41. The molecule has 0 spiro atoms. The van der Waals surface area contributed by atoms with Crippen LogP contribution in [-0.2, 0) is 11.3 Å². The second-order valence-corrected chi connectivity index (χ2v) is 5.47. The number of ether oxygens (including phenoxy) is 3. The van der Waals surface area contributed by atoms with E-state index in [0.717, 1.165) is 23.1 Å². The number of hydrogen-bond acceptors (Lipinski definition) is 4. The molecule has 6 heteroatoms. The molecular formula is C14H19BrClNO3. The van der Waals surface area contributed by atoms with E-state index < -0.39 is 0 Å². The van der Waals surface area contributed by atoms with Crippen molar-refractivity contribution in [2.45, 2.75) is 6.54 Å². The van der Waals surface area contributed by atoms with Crippen molar-refractivity contribution in [3.8, 4) is 11.5 Å². The van der Waals surface area contributed by atoms with Gasteiger partial charge in [0.05, 0.1) is 18.2 Å². The van der Waals surface area contributed by atoms with Crippen LogP contribution in [0.15, 0.2) is 28.2 Å². The highest BCUT2D eigenvalue weighted by molar-refractivity contribution is 9.10. The Hall–Kier alpha value is -0.750. The van der Waals surface area contributed by atoms with Gasteiger partial charge in [0.2, 0.25) is 0 Å². The highest BCUT2D eigenvalue weighted by Crippen LogP contribution is 2.37. The summed E-state index contributed by atoms with van der Waals surface area (Å²) in [6.07, 6.45) is 0. The van der Waals surface area contributed by atoms with E-state index in [1.54, 1.807) is 14.2 Å². The molecule has 0 aliphatic rings. The van der Waals surface area contributed by atoms with E-state index in [4.69, 9.17) is 25.8 Å². The van der Waals surface area contributed by atoms with E-state index >= 15 is 0 Å². The Labute approximate surface area is 133 Å². The lowest BCUT2D eigenvalue weighted by molar-refractivity contribution is 0.199. The van der Waals surface area contributed by atoms with Gasteiger partial charge in [-0.2, -0.15) is 0 Å². The third kappa shape index (κ3) is 5.71. The fourth-order valence-electron chi connectivity index (χ4n) is 1.57. The zero-order valence-electron chi connectivity index (χ0n) is 11.7. The summed E-state index contributed by atoms with van der Waals surface area (Å²) < 4.78 is 16.7. The van der Waals surface area contributed by atoms with Gasteiger partial charge in [0.15, 0.2) is 11.5 Å². The molecule has 1 aromatic carbocycles. The highest BCUT2D eigenvalue weighted by atomic mass is 79.9. The summed E-state index contributed by atoms with van der Waals surface area (Å²) >= 11 is 9.19. The molecule has 0 aliphatic heterocycles. The van der Waals surface area contributed by atoms with E-state index in [1.165, 1.54) is 0 Å². The van der Waals surface area contributed by atoms with Gasteiger partial charge in [-0.1, -0.05) is 18.2 Å². The molecule has 0 bridgehead atoms. The van der Waals surface area contributed by atoms with E-state index in [0.29, 0.717) is 23.1 Å². The Kier molecular flexibility index (Phi) is 7.99. The predicted molar refractivity (Wildman–Crippen MR) is 84.8 cm³/mol. The van der Waals surface area contributed by atoms with Crippen LogP contribution in [0.1, 0.15) is 5.56 Å². The molecule has 4 nitrogen and oxygen atoms in total. The molecule has 1 aromatic rings. The molecule has 0 unspecified atom stereocenters. The minimum Gasteiger partial charge on any atom is -0.493 e. The number of hydrogen-bond donors (Lipinski definition) is 1.